The average molecular weight is 439 g/mol. The molecular formula is C19H19ClN2O4S2. The van der Waals surface area contributed by atoms with Crippen LogP contribution in [-0.2, 0) is 22.7 Å². The summed E-state index contributed by atoms with van der Waals surface area (Å²) in [7, 11) is -3.09. The molecule has 1 aliphatic carbocycles. The first-order valence-electron chi connectivity index (χ1n) is 9.06. The van der Waals surface area contributed by atoms with Crippen molar-refractivity contribution in [3.05, 3.63) is 50.9 Å². The summed E-state index contributed by atoms with van der Waals surface area (Å²) in [6.45, 7) is 0. The minimum Gasteiger partial charge on any atom is -0.348 e. The Morgan fingerprint density at radius 1 is 1.14 bits per heavy atom. The fraction of sp³-hybridized carbons (Fsp3) is 0.368. The Balaban J connectivity index is 1.60. The van der Waals surface area contributed by atoms with Gasteiger partial charge in [0, 0.05) is 10.9 Å². The summed E-state index contributed by atoms with van der Waals surface area (Å²) in [6, 6.07) is 6.35. The Kier molecular flexibility index (Phi) is 5.20. The third-order valence-electron chi connectivity index (χ3n) is 5.06. The molecule has 2 aromatic rings. The summed E-state index contributed by atoms with van der Waals surface area (Å²) < 4.78 is 23.4. The maximum atomic E-state index is 13.0. The van der Waals surface area contributed by atoms with Crippen LogP contribution in [0.1, 0.15) is 44.0 Å². The number of rotatable bonds is 4. The summed E-state index contributed by atoms with van der Waals surface area (Å²) in [4.78, 5) is 26.7. The minimum absolute atomic E-state index is 0.0353. The lowest BCUT2D eigenvalue weighted by molar-refractivity contribution is 0.0941. The lowest BCUT2D eigenvalue weighted by Crippen LogP contribution is -2.36. The molecule has 1 fully saturated rings. The van der Waals surface area contributed by atoms with Crippen molar-refractivity contribution in [2.45, 2.75) is 31.7 Å². The Labute approximate surface area is 172 Å². The number of aryl methyl sites for hydroxylation is 1. The topological polar surface area (TPSA) is 92.3 Å². The van der Waals surface area contributed by atoms with E-state index in [2.05, 4.69) is 10.6 Å². The average Bonchev–Trinajstić information content (AvgIpc) is 3.29. The molecule has 0 unspecified atom stereocenters. The highest BCUT2D eigenvalue weighted by Gasteiger charge is 2.32. The predicted octanol–water partition coefficient (Wildman–Crippen LogP) is 3.06. The first-order valence-corrected chi connectivity index (χ1v) is 12.1. The molecule has 4 rings (SSSR count). The molecule has 2 aliphatic rings. The SMILES string of the molecule is O=C(Nc1sc2c(c1C(=O)N[C@H]1CCS(=O)(=O)C1)CCC2)c1ccccc1Cl. The zero-order valence-corrected chi connectivity index (χ0v) is 17.3. The van der Waals surface area contributed by atoms with Gasteiger partial charge < -0.3 is 10.6 Å². The van der Waals surface area contributed by atoms with Crippen LogP contribution in [0.4, 0.5) is 5.00 Å². The molecule has 1 aromatic heterocycles. The molecule has 6 nitrogen and oxygen atoms in total. The Hall–Kier alpha value is -1.90. The van der Waals surface area contributed by atoms with Gasteiger partial charge in [0.2, 0.25) is 0 Å². The number of hydrogen-bond donors (Lipinski definition) is 2. The molecule has 9 heteroatoms. The lowest BCUT2D eigenvalue weighted by atomic mass is 10.1. The van der Waals surface area contributed by atoms with Crippen LogP contribution in [0.2, 0.25) is 5.02 Å². The van der Waals surface area contributed by atoms with Crippen molar-refractivity contribution in [3.63, 3.8) is 0 Å². The summed E-state index contributed by atoms with van der Waals surface area (Å²) in [6.07, 6.45) is 3.04. The molecule has 0 radical (unpaired) electrons. The van der Waals surface area contributed by atoms with Crippen LogP contribution in [0.25, 0.3) is 0 Å². The van der Waals surface area contributed by atoms with Crippen molar-refractivity contribution in [3.8, 4) is 0 Å². The van der Waals surface area contributed by atoms with E-state index in [4.69, 9.17) is 11.6 Å². The van der Waals surface area contributed by atoms with Gasteiger partial charge in [-0.3, -0.25) is 9.59 Å². The molecule has 1 atom stereocenters. The van der Waals surface area contributed by atoms with Gasteiger partial charge in [0.05, 0.1) is 27.7 Å². The van der Waals surface area contributed by atoms with E-state index in [0.29, 0.717) is 27.6 Å². The van der Waals surface area contributed by atoms with Crippen molar-refractivity contribution in [1.82, 2.24) is 5.32 Å². The fourth-order valence-electron chi connectivity index (χ4n) is 3.71. The van der Waals surface area contributed by atoms with Gasteiger partial charge in [-0.05, 0) is 43.4 Å². The van der Waals surface area contributed by atoms with Gasteiger partial charge in [-0.15, -0.1) is 11.3 Å². The third kappa shape index (κ3) is 3.81. The van der Waals surface area contributed by atoms with Crippen molar-refractivity contribution in [2.75, 3.05) is 16.8 Å². The second-order valence-corrected chi connectivity index (χ2v) is 10.8. The molecule has 0 spiro atoms. The third-order valence-corrected chi connectivity index (χ3v) is 8.37. The van der Waals surface area contributed by atoms with E-state index in [9.17, 15) is 18.0 Å². The molecular weight excluding hydrogens is 420 g/mol. The summed E-state index contributed by atoms with van der Waals surface area (Å²) >= 11 is 7.52. The number of amides is 2. The largest absolute Gasteiger partial charge is 0.348 e. The number of anilines is 1. The van der Waals surface area contributed by atoms with Gasteiger partial charge in [0.15, 0.2) is 9.84 Å². The molecule has 2 amide bonds. The summed E-state index contributed by atoms with van der Waals surface area (Å²) in [5.41, 5.74) is 1.76. The highest BCUT2D eigenvalue weighted by molar-refractivity contribution is 7.91. The maximum Gasteiger partial charge on any atom is 0.257 e. The van der Waals surface area contributed by atoms with Crippen LogP contribution < -0.4 is 10.6 Å². The number of sulfone groups is 1. The maximum absolute atomic E-state index is 13.0. The standard InChI is InChI=1S/C19H19ClN2O4S2/c20-14-6-2-1-4-12(14)17(23)22-19-16(13-5-3-7-15(13)27-19)18(24)21-11-8-9-28(25,26)10-11/h1-2,4,6,11H,3,5,7-10H2,(H,21,24)(H,22,23)/t11-/m0/s1. The van der Waals surface area contributed by atoms with Crippen LogP contribution >= 0.6 is 22.9 Å². The minimum atomic E-state index is -3.09. The van der Waals surface area contributed by atoms with E-state index >= 15 is 0 Å². The number of fused-ring (bicyclic) bond motifs is 1. The quantitative estimate of drug-likeness (QED) is 0.767. The van der Waals surface area contributed by atoms with Gasteiger partial charge in [-0.25, -0.2) is 8.42 Å². The van der Waals surface area contributed by atoms with Crippen LogP contribution in [0.5, 0.6) is 0 Å². The zero-order chi connectivity index (χ0) is 19.9. The van der Waals surface area contributed by atoms with Gasteiger partial charge in [-0.1, -0.05) is 23.7 Å². The number of nitrogens with one attached hydrogen (secondary N) is 2. The summed E-state index contributed by atoms with van der Waals surface area (Å²) in [5.74, 6) is -0.638. The monoisotopic (exact) mass is 438 g/mol. The number of hydrogen-bond acceptors (Lipinski definition) is 5. The first kappa shape index (κ1) is 19.4. The van der Waals surface area contributed by atoms with Crippen LogP contribution in [0.3, 0.4) is 0 Å². The van der Waals surface area contributed by atoms with Crippen molar-refractivity contribution in [1.29, 1.82) is 0 Å². The highest BCUT2D eigenvalue weighted by Crippen LogP contribution is 2.39. The van der Waals surface area contributed by atoms with Gasteiger partial charge in [0.1, 0.15) is 5.00 Å². The van der Waals surface area contributed by atoms with Crippen LogP contribution in [0, 0.1) is 0 Å². The predicted molar refractivity (Wildman–Crippen MR) is 110 cm³/mol. The fourth-order valence-corrected chi connectivity index (χ4v) is 6.89. The Morgan fingerprint density at radius 3 is 2.64 bits per heavy atom. The Morgan fingerprint density at radius 2 is 1.93 bits per heavy atom. The van der Waals surface area contributed by atoms with E-state index in [1.54, 1.807) is 24.3 Å². The zero-order valence-electron chi connectivity index (χ0n) is 15.0. The number of thiophene rings is 1. The molecule has 148 valence electrons. The van der Waals surface area contributed by atoms with Crippen molar-refractivity contribution in [2.24, 2.45) is 0 Å². The van der Waals surface area contributed by atoms with Crippen LogP contribution in [-0.4, -0.2) is 37.8 Å². The normalized spacial score (nSPS) is 20.0. The Bertz CT molecular complexity index is 1060. The van der Waals surface area contributed by atoms with Crippen molar-refractivity contribution >= 4 is 49.6 Å². The van der Waals surface area contributed by atoms with E-state index in [1.807, 2.05) is 0 Å². The molecule has 1 aliphatic heterocycles. The van der Waals surface area contributed by atoms with E-state index in [-0.39, 0.29) is 29.4 Å². The number of carbonyl (C=O) groups excluding carboxylic acids is 2. The molecule has 2 heterocycles. The highest BCUT2D eigenvalue weighted by atomic mass is 35.5. The number of benzene rings is 1. The van der Waals surface area contributed by atoms with E-state index in [0.717, 1.165) is 29.7 Å². The first-order chi connectivity index (χ1) is 13.3. The second-order valence-electron chi connectivity index (χ2n) is 7.07. The second kappa shape index (κ2) is 7.50. The van der Waals surface area contributed by atoms with E-state index in [1.165, 1.54) is 11.3 Å². The number of halogens is 1. The lowest BCUT2D eigenvalue weighted by Gasteiger charge is -2.13. The van der Waals surface area contributed by atoms with E-state index < -0.39 is 9.84 Å². The molecule has 0 saturated carbocycles. The smallest absolute Gasteiger partial charge is 0.257 e. The number of carbonyl (C=O) groups is 2. The molecule has 28 heavy (non-hydrogen) atoms. The van der Waals surface area contributed by atoms with Crippen molar-refractivity contribution < 1.29 is 18.0 Å². The van der Waals surface area contributed by atoms with Gasteiger partial charge >= 0.3 is 0 Å². The van der Waals surface area contributed by atoms with Crippen LogP contribution in [0.15, 0.2) is 24.3 Å². The molecule has 1 saturated heterocycles. The molecule has 1 aromatic carbocycles. The summed E-state index contributed by atoms with van der Waals surface area (Å²) in [5, 5.41) is 6.51. The van der Waals surface area contributed by atoms with Gasteiger partial charge in [-0.2, -0.15) is 0 Å². The molecule has 0 bridgehead atoms. The van der Waals surface area contributed by atoms with Gasteiger partial charge in [0.25, 0.3) is 11.8 Å². The molecule has 2 N–H and O–H groups in total.